The van der Waals surface area contributed by atoms with E-state index in [1.54, 1.807) is 17.0 Å². The summed E-state index contributed by atoms with van der Waals surface area (Å²) < 4.78 is 0. The van der Waals surface area contributed by atoms with Crippen molar-refractivity contribution in [2.24, 2.45) is 11.5 Å². The van der Waals surface area contributed by atoms with E-state index in [1.807, 2.05) is 42.8 Å². The number of nitriles is 1. The monoisotopic (exact) mass is 440 g/mol. The lowest BCUT2D eigenvalue weighted by molar-refractivity contribution is -0.137. The third-order valence-electron chi connectivity index (χ3n) is 6.69. The second-order valence-corrected chi connectivity index (χ2v) is 8.87. The summed E-state index contributed by atoms with van der Waals surface area (Å²) in [4.78, 5) is 42.6. The molecular formula is C23H32N6O3. The molecule has 0 spiro atoms. The highest BCUT2D eigenvalue weighted by molar-refractivity contribution is 5.92. The second kappa shape index (κ2) is 9.67. The van der Waals surface area contributed by atoms with Crippen LogP contribution in [0.3, 0.4) is 0 Å². The van der Waals surface area contributed by atoms with Gasteiger partial charge in [-0.1, -0.05) is 12.1 Å². The van der Waals surface area contributed by atoms with Gasteiger partial charge in [-0.25, -0.2) is 0 Å². The molecule has 32 heavy (non-hydrogen) atoms. The number of likely N-dealkylation sites (tertiary alicyclic amines) is 2. The SMILES string of the molecule is CC(c1ccc(C(N)=O)cc1)N1C(=O)C(N(C)CC(N)C(=O)N2CCCC2C#N)C[C@H]1C. The summed E-state index contributed by atoms with van der Waals surface area (Å²) in [7, 11) is 1.81. The van der Waals surface area contributed by atoms with E-state index in [0.717, 1.165) is 12.0 Å². The van der Waals surface area contributed by atoms with Crippen molar-refractivity contribution >= 4 is 17.7 Å². The minimum Gasteiger partial charge on any atom is -0.366 e. The molecular weight excluding hydrogens is 408 g/mol. The summed E-state index contributed by atoms with van der Waals surface area (Å²) in [6.07, 6.45) is 2.11. The van der Waals surface area contributed by atoms with E-state index >= 15 is 0 Å². The number of nitrogens with zero attached hydrogens (tertiary/aromatic N) is 4. The molecule has 0 saturated carbocycles. The maximum absolute atomic E-state index is 13.3. The summed E-state index contributed by atoms with van der Waals surface area (Å²) in [6.45, 7) is 4.76. The number of carbonyl (C=O) groups is 3. The Morgan fingerprint density at radius 1 is 1.31 bits per heavy atom. The zero-order chi connectivity index (χ0) is 23.6. The van der Waals surface area contributed by atoms with E-state index in [0.29, 0.717) is 24.9 Å². The van der Waals surface area contributed by atoms with E-state index < -0.39 is 18.0 Å². The van der Waals surface area contributed by atoms with Gasteiger partial charge in [-0.05, 0) is 57.9 Å². The standard InChI is InChI=1S/C23H32N6O3/c1-14-11-20(27(3)13-19(25)22(31)28-10-4-5-18(28)12-24)23(32)29(14)15(2)16-6-8-17(9-7-16)21(26)30/h6-9,14-15,18-20H,4-5,10-11,13,25H2,1-3H3,(H2,26,30)/t14-,15?,18?,19?,20?/m1/s1. The lowest BCUT2D eigenvalue weighted by Crippen LogP contribution is -2.52. The number of benzene rings is 1. The van der Waals surface area contributed by atoms with Gasteiger partial charge >= 0.3 is 0 Å². The van der Waals surface area contributed by atoms with Crippen molar-refractivity contribution in [2.75, 3.05) is 20.1 Å². The number of carbonyl (C=O) groups excluding carboxylic acids is 3. The van der Waals surface area contributed by atoms with Gasteiger partial charge in [0, 0.05) is 24.7 Å². The van der Waals surface area contributed by atoms with Gasteiger partial charge in [-0.2, -0.15) is 5.26 Å². The van der Waals surface area contributed by atoms with Crippen molar-refractivity contribution < 1.29 is 14.4 Å². The normalized spacial score (nSPS) is 25.1. The Labute approximate surface area is 188 Å². The Kier molecular flexibility index (Phi) is 7.16. The van der Waals surface area contributed by atoms with Crippen LogP contribution in [0.25, 0.3) is 0 Å². The van der Waals surface area contributed by atoms with Crippen LogP contribution >= 0.6 is 0 Å². The van der Waals surface area contributed by atoms with Gasteiger partial charge in [0.05, 0.1) is 24.2 Å². The number of rotatable bonds is 7. The molecule has 9 heteroatoms. The molecule has 0 aliphatic carbocycles. The molecule has 1 aromatic rings. The predicted molar refractivity (Wildman–Crippen MR) is 119 cm³/mol. The number of likely N-dealkylation sites (N-methyl/N-ethyl adjacent to an activating group) is 1. The maximum atomic E-state index is 13.3. The molecule has 2 saturated heterocycles. The van der Waals surface area contributed by atoms with Crippen LogP contribution in [0, 0.1) is 11.3 Å². The minimum absolute atomic E-state index is 0.00856. The van der Waals surface area contributed by atoms with Crippen LogP contribution < -0.4 is 11.5 Å². The Balaban J connectivity index is 1.65. The first-order valence-electron chi connectivity index (χ1n) is 11.0. The van der Waals surface area contributed by atoms with E-state index in [9.17, 15) is 19.6 Å². The van der Waals surface area contributed by atoms with Crippen molar-refractivity contribution in [1.82, 2.24) is 14.7 Å². The Hall–Kier alpha value is -2.96. The van der Waals surface area contributed by atoms with Gasteiger partial charge < -0.3 is 21.3 Å². The van der Waals surface area contributed by atoms with Crippen LogP contribution in [0.15, 0.2) is 24.3 Å². The molecule has 2 aliphatic heterocycles. The molecule has 3 amide bonds. The predicted octanol–water partition coefficient (Wildman–Crippen LogP) is 0.610. The molecule has 2 fully saturated rings. The van der Waals surface area contributed by atoms with E-state index in [1.165, 1.54) is 0 Å². The highest BCUT2D eigenvalue weighted by Crippen LogP contribution is 2.32. The number of primary amides is 1. The van der Waals surface area contributed by atoms with E-state index in [4.69, 9.17) is 11.5 Å². The molecule has 1 aromatic carbocycles. The minimum atomic E-state index is -0.787. The fourth-order valence-corrected chi connectivity index (χ4v) is 4.85. The first-order valence-corrected chi connectivity index (χ1v) is 11.0. The average molecular weight is 441 g/mol. The molecule has 2 aliphatic rings. The molecule has 172 valence electrons. The van der Waals surface area contributed by atoms with Crippen molar-refractivity contribution in [3.8, 4) is 6.07 Å². The summed E-state index contributed by atoms with van der Waals surface area (Å²) in [6, 6.07) is 7.40. The molecule has 4 N–H and O–H groups in total. The topological polar surface area (TPSA) is 137 Å². The summed E-state index contributed by atoms with van der Waals surface area (Å²) in [5, 5.41) is 9.23. The van der Waals surface area contributed by atoms with Crippen LogP contribution in [0.4, 0.5) is 0 Å². The Morgan fingerprint density at radius 2 is 1.97 bits per heavy atom. The highest BCUT2D eigenvalue weighted by Gasteiger charge is 2.42. The zero-order valence-electron chi connectivity index (χ0n) is 18.9. The summed E-state index contributed by atoms with van der Waals surface area (Å²) >= 11 is 0. The first kappa shape index (κ1) is 23.7. The lowest BCUT2D eigenvalue weighted by atomic mass is 10.0. The molecule has 3 rings (SSSR count). The Morgan fingerprint density at radius 3 is 2.56 bits per heavy atom. The van der Waals surface area contributed by atoms with Gasteiger partial charge in [0.25, 0.3) is 0 Å². The Bertz CT molecular complexity index is 911. The van der Waals surface area contributed by atoms with Gasteiger partial charge in [-0.3, -0.25) is 19.3 Å². The third-order valence-corrected chi connectivity index (χ3v) is 6.69. The van der Waals surface area contributed by atoms with E-state index in [2.05, 4.69) is 6.07 Å². The second-order valence-electron chi connectivity index (χ2n) is 8.87. The van der Waals surface area contributed by atoms with Crippen molar-refractivity contribution in [1.29, 1.82) is 5.26 Å². The van der Waals surface area contributed by atoms with Crippen LogP contribution in [-0.2, 0) is 9.59 Å². The highest BCUT2D eigenvalue weighted by atomic mass is 16.2. The number of hydrogen-bond acceptors (Lipinski definition) is 6. The molecule has 0 aromatic heterocycles. The molecule has 0 radical (unpaired) electrons. The molecule has 2 heterocycles. The largest absolute Gasteiger partial charge is 0.366 e. The zero-order valence-corrected chi connectivity index (χ0v) is 18.9. The quantitative estimate of drug-likeness (QED) is 0.637. The van der Waals surface area contributed by atoms with E-state index in [-0.39, 0.29) is 36.5 Å². The average Bonchev–Trinajstić information content (AvgIpc) is 3.36. The van der Waals surface area contributed by atoms with Crippen LogP contribution in [0.1, 0.15) is 55.1 Å². The lowest BCUT2D eigenvalue weighted by Gasteiger charge is -2.31. The van der Waals surface area contributed by atoms with Crippen molar-refractivity contribution in [3.63, 3.8) is 0 Å². The summed E-state index contributed by atoms with van der Waals surface area (Å²) in [5.74, 6) is -0.737. The van der Waals surface area contributed by atoms with Crippen molar-refractivity contribution in [3.05, 3.63) is 35.4 Å². The molecule has 0 bridgehead atoms. The summed E-state index contributed by atoms with van der Waals surface area (Å²) in [5.41, 5.74) is 12.8. The fourth-order valence-electron chi connectivity index (χ4n) is 4.85. The number of nitrogens with two attached hydrogens (primary N) is 2. The van der Waals surface area contributed by atoms with Gasteiger partial charge in [0.2, 0.25) is 17.7 Å². The van der Waals surface area contributed by atoms with Gasteiger partial charge in [-0.15, -0.1) is 0 Å². The third kappa shape index (κ3) is 4.61. The molecule has 4 unspecified atom stereocenters. The van der Waals surface area contributed by atoms with Gasteiger partial charge in [0.15, 0.2) is 0 Å². The fraction of sp³-hybridized carbons (Fsp3) is 0.565. The number of hydrogen-bond donors (Lipinski definition) is 2. The molecule has 9 nitrogen and oxygen atoms in total. The smallest absolute Gasteiger partial charge is 0.248 e. The van der Waals surface area contributed by atoms with Gasteiger partial charge in [0.1, 0.15) is 6.04 Å². The van der Waals surface area contributed by atoms with Crippen LogP contribution in [0.5, 0.6) is 0 Å². The van der Waals surface area contributed by atoms with Crippen LogP contribution in [0.2, 0.25) is 0 Å². The maximum Gasteiger partial charge on any atom is 0.248 e. The number of amides is 3. The first-order chi connectivity index (χ1) is 15.1. The molecule has 5 atom stereocenters. The van der Waals surface area contributed by atoms with Crippen LogP contribution in [-0.4, -0.2) is 76.7 Å². The van der Waals surface area contributed by atoms with Crippen molar-refractivity contribution in [2.45, 2.75) is 63.3 Å².